The lowest BCUT2D eigenvalue weighted by Crippen LogP contribution is -2.23. The zero-order valence-corrected chi connectivity index (χ0v) is 10.8. The van der Waals surface area contributed by atoms with Gasteiger partial charge in [0.25, 0.3) is 0 Å². The average Bonchev–Trinajstić information content (AvgIpc) is 2.39. The van der Waals surface area contributed by atoms with E-state index in [9.17, 15) is 4.79 Å². The first-order valence-corrected chi connectivity index (χ1v) is 5.78. The molecule has 19 heavy (non-hydrogen) atoms. The van der Waals surface area contributed by atoms with Gasteiger partial charge in [-0.25, -0.2) is 4.98 Å². The highest BCUT2D eigenvalue weighted by molar-refractivity contribution is 5.98. The topological polar surface area (TPSA) is 68.5 Å². The van der Waals surface area contributed by atoms with E-state index in [2.05, 4.69) is 4.98 Å². The molecule has 0 aliphatic heterocycles. The Morgan fingerprint density at radius 1 is 1.32 bits per heavy atom. The van der Waals surface area contributed by atoms with Gasteiger partial charge in [-0.3, -0.25) is 9.69 Å². The number of carbonyl (C=O) groups excluding carboxylic acids is 1. The van der Waals surface area contributed by atoms with Crippen LogP contribution in [0.2, 0.25) is 0 Å². The molecule has 98 valence electrons. The van der Waals surface area contributed by atoms with Crippen LogP contribution in [0.5, 0.6) is 5.75 Å². The zero-order chi connectivity index (χ0) is 13.8. The van der Waals surface area contributed by atoms with Crippen molar-refractivity contribution in [2.24, 2.45) is 0 Å². The summed E-state index contributed by atoms with van der Waals surface area (Å²) in [6.45, 7) is 1.48. The van der Waals surface area contributed by atoms with Crippen molar-refractivity contribution in [3.8, 4) is 5.75 Å². The molecule has 0 aliphatic carbocycles. The number of ether oxygens (including phenoxy) is 1. The van der Waals surface area contributed by atoms with Gasteiger partial charge in [0, 0.05) is 30.9 Å². The summed E-state index contributed by atoms with van der Waals surface area (Å²) < 4.78 is 5.16. The number of benzene rings is 1. The number of rotatable bonds is 3. The van der Waals surface area contributed by atoms with Gasteiger partial charge in [-0.2, -0.15) is 0 Å². The average molecular weight is 257 g/mol. The molecule has 0 saturated carbocycles. The van der Waals surface area contributed by atoms with E-state index in [0.29, 0.717) is 22.9 Å². The summed E-state index contributed by atoms with van der Waals surface area (Å²) in [4.78, 5) is 17.5. The third-order valence-electron chi connectivity index (χ3n) is 2.63. The number of hydrogen-bond donors (Lipinski definition) is 1. The number of carbonyl (C=O) groups is 1. The van der Waals surface area contributed by atoms with Crippen molar-refractivity contribution in [3.05, 3.63) is 42.6 Å². The lowest BCUT2D eigenvalue weighted by atomic mass is 10.2. The van der Waals surface area contributed by atoms with E-state index in [4.69, 9.17) is 10.5 Å². The van der Waals surface area contributed by atoms with Crippen LogP contribution in [-0.4, -0.2) is 18.0 Å². The third-order valence-corrected chi connectivity index (χ3v) is 2.63. The number of anilines is 3. The van der Waals surface area contributed by atoms with Crippen LogP contribution in [-0.2, 0) is 4.79 Å². The molecule has 1 amide bonds. The number of pyridine rings is 1. The van der Waals surface area contributed by atoms with Crippen LogP contribution in [0.15, 0.2) is 42.6 Å². The Morgan fingerprint density at radius 3 is 2.74 bits per heavy atom. The minimum atomic E-state index is -0.147. The largest absolute Gasteiger partial charge is 0.497 e. The van der Waals surface area contributed by atoms with Gasteiger partial charge >= 0.3 is 0 Å². The Morgan fingerprint density at radius 2 is 2.11 bits per heavy atom. The monoisotopic (exact) mass is 257 g/mol. The molecule has 1 heterocycles. The van der Waals surface area contributed by atoms with Gasteiger partial charge in [0.15, 0.2) is 0 Å². The molecule has 2 rings (SSSR count). The van der Waals surface area contributed by atoms with Crippen LogP contribution in [0.4, 0.5) is 17.2 Å². The molecule has 1 aromatic heterocycles. The van der Waals surface area contributed by atoms with Crippen molar-refractivity contribution >= 4 is 23.1 Å². The standard InChI is InChI=1S/C14H15N3O2/c1-10(18)17(14-8-11(15)6-7-16-14)12-4-3-5-13(9-12)19-2/h3-9H,1-2H3,(H2,15,16). The normalized spacial score (nSPS) is 10.0. The fourth-order valence-corrected chi connectivity index (χ4v) is 1.78. The second-order valence-corrected chi connectivity index (χ2v) is 4.00. The van der Waals surface area contributed by atoms with Crippen molar-refractivity contribution in [2.75, 3.05) is 17.7 Å². The summed E-state index contributed by atoms with van der Waals surface area (Å²) in [6.07, 6.45) is 1.57. The van der Waals surface area contributed by atoms with Gasteiger partial charge in [-0.05, 0) is 18.2 Å². The van der Waals surface area contributed by atoms with Gasteiger partial charge in [0.05, 0.1) is 12.8 Å². The second-order valence-electron chi connectivity index (χ2n) is 4.00. The summed E-state index contributed by atoms with van der Waals surface area (Å²) in [6, 6.07) is 10.5. The minimum absolute atomic E-state index is 0.147. The van der Waals surface area contributed by atoms with E-state index in [1.165, 1.54) is 11.8 Å². The lowest BCUT2D eigenvalue weighted by molar-refractivity contribution is -0.115. The molecule has 0 aliphatic rings. The maximum atomic E-state index is 11.9. The molecule has 0 unspecified atom stereocenters. The predicted octanol–water partition coefficient (Wildman–Crippen LogP) is 2.36. The molecule has 5 heteroatoms. The molecule has 0 atom stereocenters. The van der Waals surface area contributed by atoms with Gasteiger partial charge in [0.2, 0.25) is 5.91 Å². The summed E-state index contributed by atoms with van der Waals surface area (Å²) in [5.41, 5.74) is 6.97. The van der Waals surface area contributed by atoms with E-state index < -0.39 is 0 Å². The predicted molar refractivity (Wildman–Crippen MR) is 74.5 cm³/mol. The zero-order valence-electron chi connectivity index (χ0n) is 10.8. The maximum Gasteiger partial charge on any atom is 0.229 e. The van der Waals surface area contributed by atoms with E-state index in [1.54, 1.807) is 31.5 Å². The minimum Gasteiger partial charge on any atom is -0.497 e. The molecule has 0 saturated heterocycles. The molecule has 0 fully saturated rings. The number of aromatic nitrogens is 1. The fraction of sp³-hybridized carbons (Fsp3) is 0.143. The number of methoxy groups -OCH3 is 1. The summed E-state index contributed by atoms with van der Waals surface area (Å²) >= 11 is 0. The number of nitrogens with two attached hydrogens (primary N) is 1. The Bertz CT molecular complexity index is 599. The van der Waals surface area contributed by atoms with Crippen molar-refractivity contribution in [3.63, 3.8) is 0 Å². The summed E-state index contributed by atoms with van der Waals surface area (Å²) in [5, 5.41) is 0. The van der Waals surface area contributed by atoms with Crippen LogP contribution >= 0.6 is 0 Å². The van der Waals surface area contributed by atoms with E-state index in [1.807, 2.05) is 18.2 Å². The van der Waals surface area contributed by atoms with Crippen LogP contribution in [0.3, 0.4) is 0 Å². The van der Waals surface area contributed by atoms with Gasteiger partial charge in [0.1, 0.15) is 11.6 Å². The molecule has 2 aromatic rings. The van der Waals surface area contributed by atoms with Gasteiger partial charge in [-0.15, -0.1) is 0 Å². The second kappa shape index (κ2) is 5.39. The summed E-state index contributed by atoms with van der Waals surface area (Å²) in [7, 11) is 1.58. The highest BCUT2D eigenvalue weighted by atomic mass is 16.5. The Hall–Kier alpha value is -2.56. The van der Waals surface area contributed by atoms with Crippen molar-refractivity contribution in [1.29, 1.82) is 0 Å². The van der Waals surface area contributed by atoms with Crippen LogP contribution in [0.1, 0.15) is 6.92 Å². The van der Waals surface area contributed by atoms with Crippen LogP contribution in [0.25, 0.3) is 0 Å². The number of hydrogen-bond acceptors (Lipinski definition) is 4. The SMILES string of the molecule is COc1cccc(N(C(C)=O)c2cc(N)ccn2)c1. The molecular formula is C14H15N3O2. The van der Waals surface area contributed by atoms with Crippen LogP contribution < -0.4 is 15.4 Å². The third kappa shape index (κ3) is 2.82. The smallest absolute Gasteiger partial charge is 0.229 e. The Balaban J connectivity index is 2.48. The summed E-state index contributed by atoms with van der Waals surface area (Å²) in [5.74, 6) is 1.01. The first-order chi connectivity index (χ1) is 9.11. The van der Waals surface area contributed by atoms with Crippen molar-refractivity contribution < 1.29 is 9.53 Å². The molecule has 0 bridgehead atoms. The molecule has 2 N–H and O–H groups in total. The fourth-order valence-electron chi connectivity index (χ4n) is 1.78. The number of nitrogen functional groups attached to an aromatic ring is 1. The highest BCUT2D eigenvalue weighted by Crippen LogP contribution is 2.27. The highest BCUT2D eigenvalue weighted by Gasteiger charge is 2.16. The van der Waals surface area contributed by atoms with E-state index in [0.717, 1.165) is 0 Å². The lowest BCUT2D eigenvalue weighted by Gasteiger charge is -2.20. The van der Waals surface area contributed by atoms with Crippen molar-refractivity contribution in [2.45, 2.75) is 6.92 Å². The molecule has 0 radical (unpaired) electrons. The Labute approximate surface area is 111 Å². The first-order valence-electron chi connectivity index (χ1n) is 5.78. The quantitative estimate of drug-likeness (QED) is 0.916. The molecule has 1 aromatic carbocycles. The number of amides is 1. The van der Waals surface area contributed by atoms with E-state index in [-0.39, 0.29) is 5.91 Å². The molecule has 0 spiro atoms. The Kier molecular flexibility index (Phi) is 3.66. The first kappa shape index (κ1) is 12.9. The molecular weight excluding hydrogens is 242 g/mol. The van der Waals surface area contributed by atoms with Crippen molar-refractivity contribution in [1.82, 2.24) is 4.98 Å². The molecule has 5 nitrogen and oxygen atoms in total. The van der Waals surface area contributed by atoms with Gasteiger partial charge in [-0.1, -0.05) is 6.07 Å². The number of nitrogens with zero attached hydrogens (tertiary/aromatic N) is 2. The maximum absolute atomic E-state index is 11.9. The van der Waals surface area contributed by atoms with E-state index >= 15 is 0 Å². The van der Waals surface area contributed by atoms with Gasteiger partial charge < -0.3 is 10.5 Å². The van der Waals surface area contributed by atoms with Crippen LogP contribution in [0, 0.1) is 0 Å².